The number of hydrogen-bond donors (Lipinski definition) is 1. The summed E-state index contributed by atoms with van der Waals surface area (Å²) in [4.78, 5) is 28.2. The molecule has 6 heteroatoms. The second kappa shape index (κ2) is 8.14. The quantitative estimate of drug-likeness (QED) is 0.734. The Kier molecular flexibility index (Phi) is 6.49. The number of nitrogens with zero attached hydrogens (tertiary/aromatic N) is 2. The smallest absolute Gasteiger partial charge is 0.358 e. The standard InChI is InChI=1S/C14H20N2O4/c1-3-16(4-2)12(17)8-6-10-20-11-7-5-9-15-13(11)14(18)19/h5,7,9H,3-4,6,8,10H2,1-2H3,(H,18,19). The Morgan fingerprint density at radius 1 is 1.35 bits per heavy atom. The molecule has 0 aliphatic heterocycles. The number of carbonyl (C=O) groups is 2. The molecule has 0 spiro atoms. The van der Waals surface area contributed by atoms with E-state index in [-0.39, 0.29) is 17.4 Å². The van der Waals surface area contributed by atoms with E-state index in [2.05, 4.69) is 4.98 Å². The number of hydrogen-bond acceptors (Lipinski definition) is 4. The van der Waals surface area contributed by atoms with Gasteiger partial charge in [-0.2, -0.15) is 0 Å². The minimum atomic E-state index is -1.13. The Morgan fingerprint density at radius 3 is 2.65 bits per heavy atom. The van der Waals surface area contributed by atoms with Crippen LogP contribution in [0.4, 0.5) is 0 Å². The van der Waals surface area contributed by atoms with Crippen LogP contribution < -0.4 is 4.74 Å². The highest BCUT2D eigenvalue weighted by atomic mass is 16.5. The van der Waals surface area contributed by atoms with E-state index >= 15 is 0 Å². The largest absolute Gasteiger partial charge is 0.491 e. The second-order valence-electron chi connectivity index (χ2n) is 4.17. The first-order valence-electron chi connectivity index (χ1n) is 6.69. The van der Waals surface area contributed by atoms with Crippen LogP contribution >= 0.6 is 0 Å². The van der Waals surface area contributed by atoms with E-state index in [1.165, 1.54) is 6.20 Å². The Morgan fingerprint density at radius 2 is 2.05 bits per heavy atom. The van der Waals surface area contributed by atoms with Crippen LogP contribution in [-0.4, -0.2) is 46.6 Å². The van der Waals surface area contributed by atoms with Crippen LogP contribution in [0, 0.1) is 0 Å². The van der Waals surface area contributed by atoms with Crippen molar-refractivity contribution in [1.82, 2.24) is 9.88 Å². The number of carboxylic acid groups (broad SMARTS) is 1. The van der Waals surface area contributed by atoms with Crippen molar-refractivity contribution < 1.29 is 19.4 Å². The van der Waals surface area contributed by atoms with E-state index in [0.29, 0.717) is 32.5 Å². The van der Waals surface area contributed by atoms with Crippen LogP contribution in [0.5, 0.6) is 5.75 Å². The molecule has 1 aromatic rings. The van der Waals surface area contributed by atoms with Gasteiger partial charge < -0.3 is 14.7 Å². The number of pyridine rings is 1. The Balaban J connectivity index is 2.42. The van der Waals surface area contributed by atoms with Crippen LogP contribution in [0.15, 0.2) is 18.3 Å². The number of carboxylic acids is 1. The minimum absolute atomic E-state index is 0.0863. The SMILES string of the molecule is CCN(CC)C(=O)CCCOc1cccnc1C(=O)O. The molecule has 0 fully saturated rings. The number of aromatic nitrogens is 1. The maximum Gasteiger partial charge on any atom is 0.358 e. The van der Waals surface area contributed by atoms with Crippen molar-refractivity contribution in [2.75, 3.05) is 19.7 Å². The summed E-state index contributed by atoms with van der Waals surface area (Å²) in [5.41, 5.74) is -0.109. The van der Waals surface area contributed by atoms with Gasteiger partial charge in [-0.1, -0.05) is 0 Å². The van der Waals surface area contributed by atoms with Crippen LogP contribution in [0.2, 0.25) is 0 Å². The zero-order valence-corrected chi connectivity index (χ0v) is 11.8. The Labute approximate surface area is 118 Å². The lowest BCUT2D eigenvalue weighted by Gasteiger charge is -2.18. The average molecular weight is 280 g/mol. The van der Waals surface area contributed by atoms with Crippen molar-refractivity contribution in [1.29, 1.82) is 0 Å². The van der Waals surface area contributed by atoms with Crippen molar-refractivity contribution in [2.24, 2.45) is 0 Å². The van der Waals surface area contributed by atoms with E-state index in [4.69, 9.17) is 9.84 Å². The number of rotatable bonds is 8. The van der Waals surface area contributed by atoms with E-state index in [9.17, 15) is 9.59 Å². The lowest BCUT2D eigenvalue weighted by Crippen LogP contribution is -2.30. The monoisotopic (exact) mass is 280 g/mol. The van der Waals surface area contributed by atoms with Gasteiger partial charge in [-0.25, -0.2) is 9.78 Å². The molecule has 1 heterocycles. The maximum atomic E-state index is 11.8. The van der Waals surface area contributed by atoms with Crippen LogP contribution in [0.3, 0.4) is 0 Å². The predicted molar refractivity (Wildman–Crippen MR) is 73.9 cm³/mol. The van der Waals surface area contributed by atoms with E-state index in [1.807, 2.05) is 13.8 Å². The first-order valence-corrected chi connectivity index (χ1v) is 6.69. The third-order valence-corrected chi connectivity index (χ3v) is 2.88. The fraction of sp³-hybridized carbons (Fsp3) is 0.500. The molecule has 0 saturated carbocycles. The van der Waals surface area contributed by atoms with Gasteiger partial charge in [0.05, 0.1) is 6.61 Å². The normalized spacial score (nSPS) is 10.1. The summed E-state index contributed by atoms with van der Waals surface area (Å²) in [5, 5.41) is 8.94. The lowest BCUT2D eigenvalue weighted by atomic mass is 10.2. The molecule has 0 bridgehead atoms. The van der Waals surface area contributed by atoms with Gasteiger partial charge in [0.25, 0.3) is 0 Å². The van der Waals surface area contributed by atoms with E-state index in [1.54, 1.807) is 17.0 Å². The summed E-state index contributed by atoms with van der Waals surface area (Å²) in [6, 6.07) is 3.17. The highest BCUT2D eigenvalue weighted by Gasteiger charge is 2.13. The fourth-order valence-electron chi connectivity index (χ4n) is 1.81. The van der Waals surface area contributed by atoms with Gasteiger partial charge in [-0.3, -0.25) is 4.79 Å². The number of carbonyl (C=O) groups excluding carboxylic acids is 1. The molecular formula is C14H20N2O4. The first-order chi connectivity index (χ1) is 9.60. The molecule has 6 nitrogen and oxygen atoms in total. The Hall–Kier alpha value is -2.11. The second-order valence-corrected chi connectivity index (χ2v) is 4.17. The van der Waals surface area contributed by atoms with E-state index in [0.717, 1.165) is 0 Å². The van der Waals surface area contributed by atoms with Gasteiger partial charge in [0.1, 0.15) is 0 Å². The topological polar surface area (TPSA) is 79.7 Å². The molecule has 0 aliphatic rings. The molecule has 0 aromatic carbocycles. The van der Waals surface area contributed by atoms with Gasteiger partial charge >= 0.3 is 5.97 Å². The molecule has 1 amide bonds. The van der Waals surface area contributed by atoms with Gasteiger partial charge in [0.2, 0.25) is 5.91 Å². The van der Waals surface area contributed by atoms with Crippen LogP contribution in [0.1, 0.15) is 37.2 Å². The third-order valence-electron chi connectivity index (χ3n) is 2.88. The van der Waals surface area contributed by atoms with Gasteiger partial charge in [0.15, 0.2) is 11.4 Å². The zero-order chi connectivity index (χ0) is 15.0. The van der Waals surface area contributed by atoms with Crippen molar-refractivity contribution >= 4 is 11.9 Å². The molecule has 0 saturated heterocycles. The van der Waals surface area contributed by atoms with Crippen molar-refractivity contribution in [3.63, 3.8) is 0 Å². The maximum absolute atomic E-state index is 11.8. The Bertz CT molecular complexity index is 458. The highest BCUT2D eigenvalue weighted by Crippen LogP contribution is 2.15. The summed E-state index contributed by atoms with van der Waals surface area (Å²) in [6.45, 7) is 5.56. The lowest BCUT2D eigenvalue weighted by molar-refractivity contribution is -0.131. The third kappa shape index (κ3) is 4.53. The molecule has 20 heavy (non-hydrogen) atoms. The number of amides is 1. The van der Waals surface area contributed by atoms with Gasteiger partial charge in [-0.15, -0.1) is 0 Å². The predicted octanol–water partition coefficient (Wildman–Crippen LogP) is 1.81. The minimum Gasteiger partial charge on any atom is -0.491 e. The molecular weight excluding hydrogens is 260 g/mol. The van der Waals surface area contributed by atoms with Crippen molar-refractivity contribution in [2.45, 2.75) is 26.7 Å². The molecule has 1 aromatic heterocycles. The number of ether oxygens (including phenoxy) is 1. The molecule has 0 unspecified atom stereocenters. The van der Waals surface area contributed by atoms with Crippen LogP contribution in [-0.2, 0) is 4.79 Å². The molecule has 0 radical (unpaired) electrons. The summed E-state index contributed by atoms with van der Waals surface area (Å²) in [6.07, 6.45) is 2.34. The summed E-state index contributed by atoms with van der Waals surface area (Å²) >= 11 is 0. The summed E-state index contributed by atoms with van der Waals surface area (Å²) in [5.74, 6) is -0.807. The first kappa shape index (κ1) is 15.9. The summed E-state index contributed by atoms with van der Waals surface area (Å²) < 4.78 is 5.38. The highest BCUT2D eigenvalue weighted by molar-refractivity contribution is 5.88. The van der Waals surface area contributed by atoms with Crippen molar-refractivity contribution in [3.8, 4) is 5.75 Å². The van der Waals surface area contributed by atoms with Gasteiger partial charge in [0, 0.05) is 25.7 Å². The molecule has 1 rings (SSSR count). The molecule has 0 aliphatic carbocycles. The van der Waals surface area contributed by atoms with Crippen LogP contribution in [0.25, 0.3) is 0 Å². The summed E-state index contributed by atoms with van der Waals surface area (Å²) in [7, 11) is 0. The zero-order valence-electron chi connectivity index (χ0n) is 11.8. The molecule has 1 N–H and O–H groups in total. The van der Waals surface area contributed by atoms with Gasteiger partial charge in [-0.05, 0) is 32.4 Å². The van der Waals surface area contributed by atoms with E-state index < -0.39 is 5.97 Å². The average Bonchev–Trinajstić information content (AvgIpc) is 2.45. The van der Waals surface area contributed by atoms with Crippen molar-refractivity contribution in [3.05, 3.63) is 24.0 Å². The number of aromatic carboxylic acids is 1. The fourth-order valence-corrected chi connectivity index (χ4v) is 1.81. The molecule has 110 valence electrons. The molecule has 0 atom stereocenters.